The molecule has 0 aliphatic heterocycles. The topological polar surface area (TPSA) is 86.6 Å². The fourth-order valence-corrected chi connectivity index (χ4v) is 2.51. The van der Waals surface area contributed by atoms with Gasteiger partial charge in [0.15, 0.2) is 17.3 Å². The summed E-state index contributed by atoms with van der Waals surface area (Å²) >= 11 is 6.00. The van der Waals surface area contributed by atoms with Crippen LogP contribution in [0.4, 0.5) is 15.8 Å². The maximum absolute atomic E-state index is 12.9. The number of rotatable bonds is 2. The molecule has 116 valence electrons. The van der Waals surface area contributed by atoms with E-state index in [0.717, 1.165) is 12.2 Å². The highest BCUT2D eigenvalue weighted by atomic mass is 35.5. The Balaban J connectivity index is 2.18. The minimum atomic E-state index is -0.636. The zero-order chi connectivity index (χ0) is 16.7. The van der Waals surface area contributed by atoms with E-state index in [9.17, 15) is 24.2 Å². The molecule has 3 N–H and O–H groups in total. The summed E-state index contributed by atoms with van der Waals surface area (Å²) in [6.07, 6.45) is 1.99. The van der Waals surface area contributed by atoms with Crippen LogP contribution in [-0.4, -0.2) is 21.8 Å². The third kappa shape index (κ3) is 2.43. The van der Waals surface area contributed by atoms with Gasteiger partial charge in [-0.1, -0.05) is 11.6 Å². The maximum atomic E-state index is 12.9. The normalized spacial score (nSPS) is 13.1. The summed E-state index contributed by atoms with van der Waals surface area (Å²) in [6.45, 7) is 0. The van der Waals surface area contributed by atoms with Crippen LogP contribution in [0.5, 0.6) is 11.5 Å². The molecule has 1 aliphatic rings. The highest BCUT2D eigenvalue weighted by Gasteiger charge is 2.31. The summed E-state index contributed by atoms with van der Waals surface area (Å²) in [5, 5.41) is 22.8. The highest BCUT2D eigenvalue weighted by molar-refractivity contribution is 6.38. The first-order chi connectivity index (χ1) is 10.9. The van der Waals surface area contributed by atoms with Gasteiger partial charge in [-0.25, -0.2) is 4.39 Å². The Morgan fingerprint density at radius 2 is 1.43 bits per heavy atom. The lowest BCUT2D eigenvalue weighted by Crippen LogP contribution is -2.13. The van der Waals surface area contributed by atoms with E-state index in [-0.39, 0.29) is 21.8 Å². The SMILES string of the molecule is O=C1C=CC(=O)c2c(O)c(Nc3ccc(F)cc3)c(Cl)c(O)c21. The number of phenolic OH excluding ortho intramolecular Hbond substituents is 2. The van der Waals surface area contributed by atoms with Crippen molar-refractivity contribution in [2.45, 2.75) is 0 Å². The molecule has 0 radical (unpaired) electrons. The van der Waals surface area contributed by atoms with E-state index in [2.05, 4.69) is 5.32 Å². The Labute approximate surface area is 134 Å². The van der Waals surface area contributed by atoms with E-state index in [0.29, 0.717) is 5.69 Å². The molecule has 2 aromatic carbocycles. The maximum Gasteiger partial charge on any atom is 0.190 e. The summed E-state index contributed by atoms with van der Waals surface area (Å²) < 4.78 is 12.9. The van der Waals surface area contributed by atoms with Crippen LogP contribution in [0.3, 0.4) is 0 Å². The number of carbonyl (C=O) groups excluding carboxylic acids is 2. The van der Waals surface area contributed by atoms with Crippen molar-refractivity contribution in [2.75, 3.05) is 5.32 Å². The molecule has 2 aromatic rings. The number of hydrogen-bond donors (Lipinski definition) is 3. The Morgan fingerprint density at radius 1 is 0.913 bits per heavy atom. The summed E-state index contributed by atoms with van der Waals surface area (Å²) in [7, 11) is 0. The second kappa shape index (κ2) is 5.40. The fourth-order valence-electron chi connectivity index (χ4n) is 2.28. The first-order valence-corrected chi connectivity index (χ1v) is 6.84. The summed E-state index contributed by atoms with van der Waals surface area (Å²) in [5.41, 5.74) is -0.451. The summed E-state index contributed by atoms with van der Waals surface area (Å²) in [4.78, 5) is 23.8. The van der Waals surface area contributed by atoms with Gasteiger partial charge in [-0.3, -0.25) is 9.59 Å². The van der Waals surface area contributed by atoms with Gasteiger partial charge in [0.1, 0.15) is 22.3 Å². The van der Waals surface area contributed by atoms with Crippen molar-refractivity contribution in [2.24, 2.45) is 0 Å². The number of hydrogen-bond acceptors (Lipinski definition) is 5. The third-order valence-corrected chi connectivity index (χ3v) is 3.75. The van der Waals surface area contributed by atoms with Gasteiger partial charge in [0, 0.05) is 5.69 Å². The van der Waals surface area contributed by atoms with Crippen molar-refractivity contribution in [3.05, 3.63) is 58.4 Å². The lowest BCUT2D eigenvalue weighted by molar-refractivity contribution is 0.0989. The number of aromatic hydroxyl groups is 2. The Hall–Kier alpha value is -2.86. The van der Waals surface area contributed by atoms with Gasteiger partial charge in [-0.15, -0.1) is 0 Å². The molecule has 3 rings (SSSR count). The molecule has 0 aromatic heterocycles. The van der Waals surface area contributed by atoms with Crippen LogP contribution in [0.25, 0.3) is 0 Å². The van der Waals surface area contributed by atoms with Crippen molar-refractivity contribution in [3.8, 4) is 11.5 Å². The summed E-state index contributed by atoms with van der Waals surface area (Å²) in [5.74, 6) is -2.89. The van der Waals surface area contributed by atoms with Crippen LogP contribution in [0.1, 0.15) is 20.7 Å². The predicted molar refractivity (Wildman–Crippen MR) is 82.3 cm³/mol. The smallest absolute Gasteiger partial charge is 0.190 e. The van der Waals surface area contributed by atoms with E-state index >= 15 is 0 Å². The van der Waals surface area contributed by atoms with Crippen molar-refractivity contribution in [3.63, 3.8) is 0 Å². The number of allylic oxidation sites excluding steroid dienone is 2. The number of fused-ring (bicyclic) bond motifs is 1. The lowest BCUT2D eigenvalue weighted by Gasteiger charge is -2.18. The molecule has 1 aliphatic carbocycles. The molecular weight excluding hydrogens is 325 g/mol. The first kappa shape index (κ1) is 15.1. The molecule has 0 spiro atoms. The Morgan fingerprint density at radius 3 is 2.00 bits per heavy atom. The predicted octanol–water partition coefficient (Wildman–Crippen LogP) is 3.57. The van der Waals surface area contributed by atoms with Gasteiger partial charge < -0.3 is 15.5 Å². The average molecular weight is 334 g/mol. The quantitative estimate of drug-likeness (QED) is 0.577. The van der Waals surface area contributed by atoms with Gasteiger partial charge in [-0.2, -0.15) is 0 Å². The van der Waals surface area contributed by atoms with Crippen molar-refractivity contribution < 1.29 is 24.2 Å². The standard InChI is InChI=1S/C16H9ClFNO4/c17-13-14(19-8-3-1-7(18)2-4-8)16(23)12-10(21)6-5-9(20)11(12)15(13)22/h1-6,19,22-23H. The first-order valence-electron chi connectivity index (χ1n) is 6.47. The monoisotopic (exact) mass is 333 g/mol. The second-order valence-corrected chi connectivity index (χ2v) is 5.21. The molecule has 0 saturated carbocycles. The summed E-state index contributed by atoms with van der Waals surface area (Å²) in [6, 6.07) is 5.13. The van der Waals surface area contributed by atoms with Gasteiger partial charge in [0.2, 0.25) is 0 Å². The number of anilines is 2. The minimum absolute atomic E-state index is 0.147. The van der Waals surface area contributed by atoms with E-state index in [1.165, 1.54) is 24.3 Å². The number of nitrogens with one attached hydrogen (secondary N) is 1. The fraction of sp³-hybridized carbons (Fsp3) is 0. The van der Waals surface area contributed by atoms with Crippen LogP contribution < -0.4 is 5.32 Å². The lowest BCUT2D eigenvalue weighted by atomic mass is 9.92. The van der Waals surface area contributed by atoms with Crippen LogP contribution in [0.2, 0.25) is 5.02 Å². The zero-order valence-electron chi connectivity index (χ0n) is 11.4. The van der Waals surface area contributed by atoms with Gasteiger partial charge in [-0.05, 0) is 36.4 Å². The van der Waals surface area contributed by atoms with E-state index in [1.807, 2.05) is 0 Å². The number of ketones is 2. The van der Waals surface area contributed by atoms with Crippen LogP contribution in [-0.2, 0) is 0 Å². The molecule has 0 fully saturated rings. The van der Waals surface area contributed by atoms with Crippen LogP contribution in [0, 0.1) is 5.82 Å². The molecule has 0 saturated heterocycles. The van der Waals surface area contributed by atoms with Crippen molar-refractivity contribution >= 4 is 34.5 Å². The van der Waals surface area contributed by atoms with Crippen molar-refractivity contribution in [1.82, 2.24) is 0 Å². The minimum Gasteiger partial charge on any atom is -0.505 e. The molecule has 7 heteroatoms. The van der Waals surface area contributed by atoms with E-state index in [4.69, 9.17) is 11.6 Å². The van der Waals surface area contributed by atoms with Crippen molar-refractivity contribution in [1.29, 1.82) is 0 Å². The van der Waals surface area contributed by atoms with Gasteiger partial charge in [0.05, 0.1) is 11.1 Å². The molecule has 5 nitrogen and oxygen atoms in total. The molecule has 0 unspecified atom stereocenters. The van der Waals surface area contributed by atoms with Crippen LogP contribution in [0.15, 0.2) is 36.4 Å². The Bertz CT molecular complexity index is 875. The second-order valence-electron chi connectivity index (χ2n) is 4.83. The average Bonchev–Trinajstić information content (AvgIpc) is 2.53. The zero-order valence-corrected chi connectivity index (χ0v) is 12.2. The van der Waals surface area contributed by atoms with Gasteiger partial charge in [0.25, 0.3) is 0 Å². The largest absolute Gasteiger partial charge is 0.505 e. The van der Waals surface area contributed by atoms with Gasteiger partial charge >= 0.3 is 0 Å². The number of phenols is 2. The third-order valence-electron chi connectivity index (χ3n) is 3.38. The number of carbonyl (C=O) groups is 2. The molecule has 23 heavy (non-hydrogen) atoms. The molecular formula is C16H9ClFNO4. The van der Waals surface area contributed by atoms with E-state index < -0.39 is 28.9 Å². The highest BCUT2D eigenvalue weighted by Crippen LogP contribution is 2.47. The van der Waals surface area contributed by atoms with E-state index in [1.54, 1.807) is 0 Å². The number of benzene rings is 2. The molecule has 0 bridgehead atoms. The molecule has 0 atom stereocenters. The number of halogens is 2. The molecule has 0 heterocycles. The van der Waals surface area contributed by atoms with Crippen LogP contribution >= 0.6 is 11.6 Å². The Kier molecular flexibility index (Phi) is 3.54. The molecule has 0 amide bonds.